The minimum atomic E-state index is -0.341. The van der Waals surface area contributed by atoms with E-state index in [1.165, 1.54) is 24.3 Å². The van der Waals surface area contributed by atoms with Gasteiger partial charge in [0, 0.05) is 19.7 Å². The minimum absolute atomic E-state index is 0.0581. The molecule has 0 aromatic heterocycles. The summed E-state index contributed by atoms with van der Waals surface area (Å²) in [6, 6.07) is 5.52. The smallest absolute Gasteiger partial charge is 0.260 e. The SMILES string of the molecule is CCN(CCCO)C(=O)COc1ccc(F)cc1. The van der Waals surface area contributed by atoms with Gasteiger partial charge in [-0.15, -0.1) is 0 Å². The molecule has 0 saturated carbocycles. The monoisotopic (exact) mass is 255 g/mol. The number of amides is 1. The number of hydrogen-bond acceptors (Lipinski definition) is 3. The molecule has 4 nitrogen and oxygen atoms in total. The molecule has 1 rings (SSSR count). The summed E-state index contributed by atoms with van der Waals surface area (Å²) in [5.74, 6) is -0.0231. The highest BCUT2D eigenvalue weighted by Crippen LogP contribution is 2.11. The van der Waals surface area contributed by atoms with Gasteiger partial charge >= 0.3 is 0 Å². The Hall–Kier alpha value is -1.62. The van der Waals surface area contributed by atoms with Crippen LogP contribution in [0.2, 0.25) is 0 Å². The summed E-state index contributed by atoms with van der Waals surface area (Å²) < 4.78 is 17.9. The molecular formula is C13H18FNO3. The predicted molar refractivity (Wildman–Crippen MR) is 65.9 cm³/mol. The van der Waals surface area contributed by atoms with Crippen molar-refractivity contribution in [3.63, 3.8) is 0 Å². The van der Waals surface area contributed by atoms with Gasteiger partial charge in [0.2, 0.25) is 0 Å². The molecule has 5 heteroatoms. The Morgan fingerprint density at radius 2 is 2.06 bits per heavy atom. The Morgan fingerprint density at radius 3 is 2.61 bits per heavy atom. The van der Waals surface area contributed by atoms with Crippen molar-refractivity contribution in [3.05, 3.63) is 30.1 Å². The lowest BCUT2D eigenvalue weighted by atomic mass is 10.3. The molecule has 1 aromatic rings. The van der Waals surface area contributed by atoms with Gasteiger partial charge in [-0.3, -0.25) is 4.79 Å². The van der Waals surface area contributed by atoms with E-state index in [2.05, 4.69) is 0 Å². The van der Waals surface area contributed by atoms with Crippen molar-refractivity contribution in [2.45, 2.75) is 13.3 Å². The molecule has 1 aromatic carbocycles. The second-order valence-electron chi connectivity index (χ2n) is 3.79. The number of hydrogen-bond donors (Lipinski definition) is 1. The molecule has 0 radical (unpaired) electrons. The highest BCUT2D eigenvalue weighted by atomic mass is 19.1. The van der Waals surface area contributed by atoms with Crippen LogP contribution >= 0.6 is 0 Å². The first-order chi connectivity index (χ1) is 8.67. The predicted octanol–water partition coefficient (Wildman–Crippen LogP) is 1.44. The topological polar surface area (TPSA) is 49.8 Å². The van der Waals surface area contributed by atoms with Crippen molar-refractivity contribution < 1.29 is 19.0 Å². The number of rotatable bonds is 7. The third-order valence-electron chi connectivity index (χ3n) is 2.50. The summed E-state index contributed by atoms with van der Waals surface area (Å²) in [7, 11) is 0. The Morgan fingerprint density at radius 1 is 1.39 bits per heavy atom. The van der Waals surface area contributed by atoms with Gasteiger partial charge < -0.3 is 14.7 Å². The van der Waals surface area contributed by atoms with Crippen LogP contribution in [-0.2, 0) is 4.79 Å². The van der Waals surface area contributed by atoms with Gasteiger partial charge in [0.1, 0.15) is 11.6 Å². The standard InChI is InChI=1S/C13H18FNO3/c1-2-15(8-3-9-16)13(17)10-18-12-6-4-11(14)5-7-12/h4-7,16H,2-3,8-10H2,1H3. The number of halogens is 1. The highest BCUT2D eigenvalue weighted by molar-refractivity contribution is 5.77. The van der Waals surface area contributed by atoms with Gasteiger partial charge in [-0.1, -0.05) is 0 Å². The van der Waals surface area contributed by atoms with Crippen molar-refractivity contribution in [1.82, 2.24) is 4.90 Å². The number of aliphatic hydroxyl groups is 1. The second-order valence-corrected chi connectivity index (χ2v) is 3.79. The number of benzene rings is 1. The van der Waals surface area contributed by atoms with E-state index in [4.69, 9.17) is 9.84 Å². The van der Waals surface area contributed by atoms with Crippen molar-refractivity contribution in [3.8, 4) is 5.75 Å². The fourth-order valence-corrected chi connectivity index (χ4v) is 1.49. The van der Waals surface area contributed by atoms with E-state index in [1.807, 2.05) is 6.92 Å². The third-order valence-corrected chi connectivity index (χ3v) is 2.50. The summed E-state index contributed by atoms with van der Waals surface area (Å²) in [6.07, 6.45) is 0.552. The van der Waals surface area contributed by atoms with Crippen molar-refractivity contribution >= 4 is 5.91 Å². The lowest BCUT2D eigenvalue weighted by Gasteiger charge is -2.20. The normalized spacial score (nSPS) is 10.2. The lowest BCUT2D eigenvalue weighted by Crippen LogP contribution is -2.35. The van der Waals surface area contributed by atoms with Crippen LogP contribution in [-0.4, -0.2) is 42.2 Å². The van der Waals surface area contributed by atoms with Crippen LogP contribution in [0.1, 0.15) is 13.3 Å². The van der Waals surface area contributed by atoms with Crippen LogP contribution in [0.15, 0.2) is 24.3 Å². The third kappa shape index (κ3) is 4.71. The van der Waals surface area contributed by atoms with Crippen LogP contribution in [0, 0.1) is 5.82 Å². The lowest BCUT2D eigenvalue weighted by molar-refractivity contribution is -0.133. The number of aliphatic hydroxyl groups excluding tert-OH is 1. The fourth-order valence-electron chi connectivity index (χ4n) is 1.49. The summed E-state index contributed by atoms with van der Waals surface area (Å²) in [4.78, 5) is 13.4. The molecule has 0 aliphatic carbocycles. The maximum absolute atomic E-state index is 12.7. The van der Waals surface area contributed by atoms with Gasteiger partial charge in [-0.25, -0.2) is 4.39 Å². The largest absolute Gasteiger partial charge is 0.484 e. The fraction of sp³-hybridized carbons (Fsp3) is 0.462. The average Bonchev–Trinajstić information content (AvgIpc) is 2.39. The first-order valence-corrected chi connectivity index (χ1v) is 5.94. The number of carbonyl (C=O) groups is 1. The molecule has 0 unspecified atom stereocenters. The minimum Gasteiger partial charge on any atom is -0.484 e. The van der Waals surface area contributed by atoms with Gasteiger partial charge in [0.25, 0.3) is 5.91 Å². The zero-order chi connectivity index (χ0) is 13.4. The van der Waals surface area contributed by atoms with E-state index in [-0.39, 0.29) is 24.9 Å². The Bertz CT molecular complexity index is 367. The zero-order valence-corrected chi connectivity index (χ0v) is 10.4. The quantitative estimate of drug-likeness (QED) is 0.802. The van der Waals surface area contributed by atoms with Crippen LogP contribution < -0.4 is 4.74 Å². The molecule has 0 bridgehead atoms. The molecule has 0 fully saturated rings. The number of nitrogens with zero attached hydrogens (tertiary/aromatic N) is 1. The van der Waals surface area contributed by atoms with E-state index in [1.54, 1.807) is 4.90 Å². The highest BCUT2D eigenvalue weighted by Gasteiger charge is 2.11. The van der Waals surface area contributed by atoms with Crippen LogP contribution in [0.25, 0.3) is 0 Å². The molecule has 0 saturated heterocycles. The zero-order valence-electron chi connectivity index (χ0n) is 10.4. The molecular weight excluding hydrogens is 237 g/mol. The van der Waals surface area contributed by atoms with Gasteiger partial charge in [0.05, 0.1) is 0 Å². The van der Waals surface area contributed by atoms with Crippen LogP contribution in [0.3, 0.4) is 0 Å². The van der Waals surface area contributed by atoms with E-state index in [0.29, 0.717) is 25.3 Å². The average molecular weight is 255 g/mol. The molecule has 1 N–H and O–H groups in total. The summed E-state index contributed by atoms with van der Waals surface area (Å²) >= 11 is 0. The van der Waals surface area contributed by atoms with E-state index in [0.717, 1.165) is 0 Å². The molecule has 0 atom stereocenters. The molecule has 18 heavy (non-hydrogen) atoms. The number of ether oxygens (including phenoxy) is 1. The molecule has 0 aliphatic heterocycles. The Balaban J connectivity index is 2.41. The van der Waals surface area contributed by atoms with E-state index >= 15 is 0 Å². The van der Waals surface area contributed by atoms with Crippen molar-refractivity contribution in [2.24, 2.45) is 0 Å². The van der Waals surface area contributed by atoms with Gasteiger partial charge in [0.15, 0.2) is 6.61 Å². The number of carbonyl (C=O) groups excluding carboxylic acids is 1. The molecule has 0 heterocycles. The Labute approximate surface area is 106 Å². The van der Waals surface area contributed by atoms with Crippen LogP contribution in [0.5, 0.6) is 5.75 Å². The molecule has 1 amide bonds. The van der Waals surface area contributed by atoms with Gasteiger partial charge in [-0.2, -0.15) is 0 Å². The molecule has 0 spiro atoms. The first kappa shape index (κ1) is 14.4. The number of likely N-dealkylation sites (N-methyl/N-ethyl adjacent to an activating group) is 1. The maximum Gasteiger partial charge on any atom is 0.260 e. The summed E-state index contributed by atoms with van der Waals surface area (Å²) in [5, 5.41) is 8.72. The second kappa shape index (κ2) is 7.66. The molecule has 0 aliphatic rings. The maximum atomic E-state index is 12.7. The summed E-state index contributed by atoms with van der Waals surface area (Å²) in [6.45, 7) is 2.94. The van der Waals surface area contributed by atoms with Crippen LogP contribution in [0.4, 0.5) is 4.39 Å². The van der Waals surface area contributed by atoms with Crippen molar-refractivity contribution in [2.75, 3.05) is 26.3 Å². The van der Waals surface area contributed by atoms with E-state index in [9.17, 15) is 9.18 Å². The van der Waals surface area contributed by atoms with E-state index < -0.39 is 0 Å². The first-order valence-electron chi connectivity index (χ1n) is 5.94. The summed E-state index contributed by atoms with van der Waals surface area (Å²) in [5.41, 5.74) is 0. The Kier molecular flexibility index (Phi) is 6.14. The molecule has 100 valence electrons. The van der Waals surface area contributed by atoms with Gasteiger partial charge in [-0.05, 0) is 37.6 Å². The van der Waals surface area contributed by atoms with Crippen molar-refractivity contribution in [1.29, 1.82) is 0 Å².